The molecule has 0 fully saturated rings. The Morgan fingerprint density at radius 3 is 2.71 bits per heavy atom. The summed E-state index contributed by atoms with van der Waals surface area (Å²) in [7, 11) is 4.41. The molecule has 96 valence electrons. The fraction of sp³-hybridized carbons (Fsp3) is 0.750. The van der Waals surface area contributed by atoms with Crippen molar-refractivity contribution in [1.29, 1.82) is 0 Å². The number of tetrazole rings is 1. The van der Waals surface area contributed by atoms with Crippen LogP contribution in [0.1, 0.15) is 0 Å². The van der Waals surface area contributed by atoms with Crippen LogP contribution in [0.2, 0.25) is 0 Å². The van der Waals surface area contributed by atoms with Gasteiger partial charge in [0.15, 0.2) is 6.29 Å². The summed E-state index contributed by atoms with van der Waals surface area (Å²) in [6.07, 6.45) is -0.344. The highest BCUT2D eigenvalue weighted by molar-refractivity contribution is 7.99. The van der Waals surface area contributed by atoms with Gasteiger partial charge in [0, 0.05) is 14.2 Å². The molecule has 1 aromatic heterocycles. The molecular formula is C8H14N4O4S. The SMILES string of the molecule is COC(=O)Cn1nnnc1SCC(OC)OC. The lowest BCUT2D eigenvalue weighted by Crippen LogP contribution is -2.17. The lowest BCUT2D eigenvalue weighted by Gasteiger charge is -2.11. The molecule has 0 aromatic carbocycles. The number of ether oxygens (including phenoxy) is 3. The van der Waals surface area contributed by atoms with E-state index >= 15 is 0 Å². The van der Waals surface area contributed by atoms with Crippen molar-refractivity contribution in [2.75, 3.05) is 27.1 Å². The van der Waals surface area contributed by atoms with Gasteiger partial charge < -0.3 is 14.2 Å². The minimum Gasteiger partial charge on any atom is -0.468 e. The van der Waals surface area contributed by atoms with Crippen molar-refractivity contribution in [2.24, 2.45) is 0 Å². The number of nitrogens with zero attached hydrogens (tertiary/aromatic N) is 4. The fourth-order valence-electron chi connectivity index (χ4n) is 0.961. The molecule has 0 amide bonds. The van der Waals surface area contributed by atoms with Crippen LogP contribution in [0, 0.1) is 0 Å². The van der Waals surface area contributed by atoms with Gasteiger partial charge in [0.1, 0.15) is 6.54 Å². The summed E-state index contributed by atoms with van der Waals surface area (Å²) in [6.45, 7) is -0.0174. The van der Waals surface area contributed by atoms with Gasteiger partial charge in [-0.15, -0.1) is 5.10 Å². The fourth-order valence-corrected chi connectivity index (χ4v) is 1.86. The van der Waals surface area contributed by atoms with E-state index in [1.54, 1.807) is 14.2 Å². The van der Waals surface area contributed by atoms with Gasteiger partial charge in [-0.1, -0.05) is 11.8 Å². The Bertz CT molecular complexity index is 355. The second kappa shape index (κ2) is 7.20. The molecule has 0 aliphatic carbocycles. The van der Waals surface area contributed by atoms with Gasteiger partial charge in [0.25, 0.3) is 0 Å². The average molecular weight is 262 g/mol. The molecule has 0 N–H and O–H groups in total. The van der Waals surface area contributed by atoms with E-state index in [0.717, 1.165) is 0 Å². The van der Waals surface area contributed by atoms with Gasteiger partial charge in [-0.2, -0.15) is 0 Å². The first-order valence-electron chi connectivity index (χ1n) is 4.72. The maximum absolute atomic E-state index is 11.1. The van der Waals surface area contributed by atoms with Gasteiger partial charge in [0.2, 0.25) is 5.16 Å². The van der Waals surface area contributed by atoms with Gasteiger partial charge in [-0.3, -0.25) is 4.79 Å². The van der Waals surface area contributed by atoms with Crippen LogP contribution in [0.15, 0.2) is 5.16 Å². The molecule has 0 aliphatic rings. The van der Waals surface area contributed by atoms with Gasteiger partial charge in [-0.25, -0.2) is 4.68 Å². The first kappa shape index (κ1) is 13.9. The molecule has 1 rings (SSSR count). The minimum atomic E-state index is -0.408. The molecule has 0 atom stereocenters. The second-order valence-corrected chi connectivity index (χ2v) is 3.89. The van der Waals surface area contributed by atoms with Crippen molar-refractivity contribution in [3.05, 3.63) is 0 Å². The normalized spacial score (nSPS) is 10.8. The first-order chi connectivity index (χ1) is 8.21. The number of rotatable bonds is 7. The van der Waals surface area contributed by atoms with Gasteiger partial charge >= 0.3 is 5.97 Å². The summed E-state index contributed by atoms with van der Waals surface area (Å²) in [5.74, 6) is 0.114. The topological polar surface area (TPSA) is 88.4 Å². The number of aromatic nitrogens is 4. The van der Waals surface area contributed by atoms with E-state index in [4.69, 9.17) is 9.47 Å². The quantitative estimate of drug-likeness (QED) is 0.371. The third-order valence-corrected chi connectivity index (χ3v) is 2.87. The number of thioether (sulfide) groups is 1. The Morgan fingerprint density at radius 2 is 2.12 bits per heavy atom. The molecule has 8 nitrogen and oxygen atoms in total. The summed E-state index contributed by atoms with van der Waals surface area (Å²) < 4.78 is 15.9. The Morgan fingerprint density at radius 1 is 1.41 bits per heavy atom. The van der Waals surface area contributed by atoms with Crippen LogP contribution in [0.3, 0.4) is 0 Å². The van der Waals surface area contributed by atoms with Gasteiger partial charge in [-0.05, 0) is 10.4 Å². The van der Waals surface area contributed by atoms with Gasteiger partial charge in [0.05, 0.1) is 12.9 Å². The summed E-state index contributed by atoms with van der Waals surface area (Å²) >= 11 is 1.33. The van der Waals surface area contributed by atoms with Crippen LogP contribution in [0.25, 0.3) is 0 Å². The van der Waals surface area contributed by atoms with E-state index in [1.807, 2.05) is 0 Å². The maximum Gasteiger partial charge on any atom is 0.327 e. The molecule has 17 heavy (non-hydrogen) atoms. The minimum absolute atomic E-state index is 0.0174. The molecular weight excluding hydrogens is 248 g/mol. The number of methoxy groups -OCH3 is 3. The van der Waals surface area contributed by atoms with E-state index in [0.29, 0.717) is 10.9 Å². The molecule has 0 saturated carbocycles. The molecule has 1 heterocycles. The predicted octanol–water partition coefficient (Wildman–Crippen LogP) is -0.443. The second-order valence-electron chi connectivity index (χ2n) is 2.91. The zero-order valence-corrected chi connectivity index (χ0v) is 10.6. The molecule has 0 saturated heterocycles. The van der Waals surface area contributed by atoms with Crippen LogP contribution >= 0.6 is 11.8 Å². The van der Waals surface area contributed by atoms with Crippen molar-refractivity contribution in [1.82, 2.24) is 20.2 Å². The van der Waals surface area contributed by atoms with E-state index in [1.165, 1.54) is 23.6 Å². The average Bonchev–Trinajstić information content (AvgIpc) is 2.78. The highest BCUT2D eigenvalue weighted by Gasteiger charge is 2.13. The standard InChI is InChI=1S/C8H14N4O4S/c1-14-6(13)4-12-8(9-10-11-12)17-5-7(15-2)16-3/h7H,4-5H2,1-3H3. The van der Waals surface area contributed by atoms with E-state index in [9.17, 15) is 4.79 Å². The highest BCUT2D eigenvalue weighted by atomic mass is 32.2. The van der Waals surface area contributed by atoms with E-state index in [-0.39, 0.29) is 12.8 Å². The molecule has 0 bridgehead atoms. The Balaban J connectivity index is 2.53. The third kappa shape index (κ3) is 4.29. The third-order valence-electron chi connectivity index (χ3n) is 1.88. The number of hydrogen-bond acceptors (Lipinski definition) is 8. The molecule has 0 aliphatic heterocycles. The molecule has 0 spiro atoms. The van der Waals surface area contributed by atoms with Crippen LogP contribution in [-0.4, -0.2) is 59.5 Å². The van der Waals surface area contributed by atoms with Crippen molar-refractivity contribution in [3.63, 3.8) is 0 Å². The van der Waals surface area contributed by atoms with Crippen LogP contribution in [0.4, 0.5) is 0 Å². The van der Waals surface area contributed by atoms with Crippen LogP contribution in [-0.2, 0) is 25.5 Å². The van der Waals surface area contributed by atoms with E-state index < -0.39 is 5.97 Å². The Hall–Kier alpha value is -1.19. The van der Waals surface area contributed by atoms with Crippen molar-refractivity contribution in [3.8, 4) is 0 Å². The lowest BCUT2D eigenvalue weighted by atomic mass is 10.7. The maximum atomic E-state index is 11.1. The molecule has 0 unspecified atom stereocenters. The summed E-state index contributed by atoms with van der Waals surface area (Å²) in [5, 5.41) is 11.5. The summed E-state index contributed by atoms with van der Waals surface area (Å²) in [6, 6.07) is 0. The smallest absolute Gasteiger partial charge is 0.327 e. The number of carbonyl (C=O) groups excluding carboxylic acids is 1. The molecule has 9 heteroatoms. The first-order valence-corrected chi connectivity index (χ1v) is 5.71. The van der Waals surface area contributed by atoms with Crippen LogP contribution < -0.4 is 0 Å². The zero-order valence-electron chi connectivity index (χ0n) is 9.82. The molecule has 0 radical (unpaired) electrons. The monoisotopic (exact) mass is 262 g/mol. The zero-order chi connectivity index (χ0) is 12.7. The number of carbonyl (C=O) groups is 1. The van der Waals surface area contributed by atoms with E-state index in [2.05, 4.69) is 20.3 Å². The van der Waals surface area contributed by atoms with Crippen molar-refractivity contribution < 1.29 is 19.0 Å². The van der Waals surface area contributed by atoms with Crippen molar-refractivity contribution in [2.45, 2.75) is 18.0 Å². The summed E-state index contributed by atoms with van der Waals surface area (Å²) in [5.41, 5.74) is 0. The Labute approximate surface area is 103 Å². The lowest BCUT2D eigenvalue weighted by molar-refractivity contribution is -0.141. The largest absolute Gasteiger partial charge is 0.468 e. The number of hydrogen-bond donors (Lipinski definition) is 0. The predicted molar refractivity (Wildman–Crippen MR) is 58.4 cm³/mol. The highest BCUT2D eigenvalue weighted by Crippen LogP contribution is 2.15. The summed E-state index contributed by atoms with van der Waals surface area (Å²) in [4.78, 5) is 11.1. The number of esters is 1. The van der Waals surface area contributed by atoms with Crippen molar-refractivity contribution >= 4 is 17.7 Å². The molecule has 1 aromatic rings. The van der Waals surface area contributed by atoms with Crippen LogP contribution in [0.5, 0.6) is 0 Å². The Kier molecular flexibility index (Phi) is 5.87.